The summed E-state index contributed by atoms with van der Waals surface area (Å²) in [6.07, 6.45) is 1.13. The fraction of sp³-hybridized carbons (Fsp3) is 0.500. The lowest BCUT2D eigenvalue weighted by atomic mass is 10.1. The Kier molecular flexibility index (Phi) is 4.54. The zero-order valence-corrected chi connectivity index (χ0v) is 8.78. The molecule has 2 unspecified atom stereocenters. The summed E-state index contributed by atoms with van der Waals surface area (Å²) in [5, 5.41) is 19.1. The predicted octanol–water partition coefficient (Wildman–Crippen LogP) is 1.15. The number of hydrogen-bond donors (Lipinski definition) is 2. The smallest absolute Gasteiger partial charge is 0.222 e. The molecule has 0 aliphatic rings. The Bertz CT molecular complexity index is 281. The minimum absolute atomic E-state index is 0.104. The molecule has 2 atom stereocenters. The molecule has 1 aromatic heterocycles. The SMILES string of the molecule is OC(CCCl)C(O)c1cnc(Cl)nc1. The Hall–Kier alpha value is -0.420. The second-order valence-electron chi connectivity index (χ2n) is 2.78. The van der Waals surface area contributed by atoms with E-state index in [2.05, 4.69) is 9.97 Å². The van der Waals surface area contributed by atoms with Crippen LogP contribution in [0.25, 0.3) is 0 Å². The molecule has 0 bridgehead atoms. The van der Waals surface area contributed by atoms with E-state index in [0.29, 0.717) is 12.0 Å². The van der Waals surface area contributed by atoms with Crippen LogP contribution in [0, 0.1) is 0 Å². The van der Waals surface area contributed by atoms with Crippen molar-refractivity contribution in [2.75, 3.05) is 5.88 Å². The minimum atomic E-state index is -1.02. The molecule has 0 aliphatic heterocycles. The molecule has 0 aliphatic carbocycles. The molecule has 78 valence electrons. The van der Waals surface area contributed by atoms with Crippen molar-refractivity contribution in [3.05, 3.63) is 23.2 Å². The maximum absolute atomic E-state index is 9.58. The number of nitrogens with zero attached hydrogens (tertiary/aromatic N) is 2. The van der Waals surface area contributed by atoms with Crippen LogP contribution in [0.1, 0.15) is 18.1 Å². The van der Waals surface area contributed by atoms with E-state index in [0.717, 1.165) is 0 Å². The van der Waals surface area contributed by atoms with Crippen molar-refractivity contribution >= 4 is 23.2 Å². The van der Waals surface area contributed by atoms with Crippen molar-refractivity contribution in [3.8, 4) is 0 Å². The standard InChI is InChI=1S/C8H10Cl2N2O2/c9-2-1-6(13)7(14)5-3-11-8(10)12-4-5/h3-4,6-7,13-14H,1-2H2. The molecule has 0 aromatic carbocycles. The van der Waals surface area contributed by atoms with Gasteiger partial charge in [-0.2, -0.15) is 0 Å². The summed E-state index contributed by atoms with van der Waals surface area (Å²) in [4.78, 5) is 7.39. The van der Waals surface area contributed by atoms with Gasteiger partial charge in [-0.15, -0.1) is 11.6 Å². The Morgan fingerprint density at radius 1 is 1.29 bits per heavy atom. The first-order valence-electron chi connectivity index (χ1n) is 4.04. The quantitative estimate of drug-likeness (QED) is 0.609. The van der Waals surface area contributed by atoms with E-state index in [-0.39, 0.29) is 11.2 Å². The van der Waals surface area contributed by atoms with Crippen molar-refractivity contribution in [2.24, 2.45) is 0 Å². The average molecular weight is 237 g/mol. The molecule has 14 heavy (non-hydrogen) atoms. The maximum atomic E-state index is 9.58. The van der Waals surface area contributed by atoms with E-state index in [9.17, 15) is 10.2 Å². The van der Waals surface area contributed by atoms with Gasteiger partial charge in [0.05, 0.1) is 6.10 Å². The Labute approximate surface area is 91.5 Å². The van der Waals surface area contributed by atoms with Gasteiger partial charge in [0.25, 0.3) is 0 Å². The molecule has 0 fully saturated rings. The van der Waals surface area contributed by atoms with Crippen LogP contribution in [0.2, 0.25) is 5.28 Å². The summed E-state index contributed by atoms with van der Waals surface area (Å²) in [7, 11) is 0. The molecule has 0 saturated heterocycles. The van der Waals surface area contributed by atoms with Gasteiger partial charge in [-0.3, -0.25) is 0 Å². The van der Waals surface area contributed by atoms with E-state index in [1.165, 1.54) is 12.4 Å². The molecule has 0 spiro atoms. The third kappa shape index (κ3) is 3.06. The maximum Gasteiger partial charge on any atom is 0.222 e. The zero-order chi connectivity index (χ0) is 10.6. The van der Waals surface area contributed by atoms with Crippen LogP contribution in [0.4, 0.5) is 0 Å². The first-order chi connectivity index (χ1) is 6.65. The van der Waals surface area contributed by atoms with Crippen LogP contribution < -0.4 is 0 Å². The topological polar surface area (TPSA) is 66.2 Å². The number of rotatable bonds is 4. The van der Waals surface area contributed by atoms with Gasteiger partial charge in [-0.25, -0.2) is 9.97 Å². The first kappa shape index (κ1) is 11.7. The van der Waals surface area contributed by atoms with E-state index in [1.54, 1.807) is 0 Å². The normalized spacial score (nSPS) is 15.1. The van der Waals surface area contributed by atoms with E-state index in [1.807, 2.05) is 0 Å². The molecule has 1 heterocycles. The van der Waals surface area contributed by atoms with Crippen molar-refractivity contribution in [3.63, 3.8) is 0 Å². The summed E-state index contributed by atoms with van der Waals surface area (Å²) in [6.45, 7) is 0. The highest BCUT2D eigenvalue weighted by Gasteiger charge is 2.18. The van der Waals surface area contributed by atoms with E-state index < -0.39 is 12.2 Å². The van der Waals surface area contributed by atoms with Crippen LogP contribution >= 0.6 is 23.2 Å². The highest BCUT2D eigenvalue weighted by Crippen LogP contribution is 2.18. The van der Waals surface area contributed by atoms with Crippen molar-refractivity contribution in [1.29, 1.82) is 0 Å². The second kappa shape index (κ2) is 5.46. The highest BCUT2D eigenvalue weighted by molar-refractivity contribution is 6.28. The lowest BCUT2D eigenvalue weighted by Gasteiger charge is -2.16. The number of alkyl halides is 1. The summed E-state index contributed by atoms with van der Waals surface area (Å²) in [6, 6.07) is 0. The third-order valence-corrected chi connectivity index (χ3v) is 2.16. The molecule has 1 rings (SSSR count). The molecule has 2 N–H and O–H groups in total. The van der Waals surface area contributed by atoms with Crippen LogP contribution in [-0.2, 0) is 0 Å². The molecule has 6 heteroatoms. The summed E-state index contributed by atoms with van der Waals surface area (Å²) in [5.74, 6) is 0.284. The molecule has 1 aromatic rings. The fourth-order valence-electron chi connectivity index (χ4n) is 0.967. The van der Waals surface area contributed by atoms with Gasteiger partial charge >= 0.3 is 0 Å². The molecule has 0 radical (unpaired) electrons. The first-order valence-corrected chi connectivity index (χ1v) is 4.96. The second-order valence-corrected chi connectivity index (χ2v) is 3.49. The Morgan fingerprint density at radius 3 is 2.36 bits per heavy atom. The summed E-state index contributed by atoms with van der Waals surface area (Å²) >= 11 is 10.9. The number of halogens is 2. The average Bonchev–Trinajstić information content (AvgIpc) is 2.18. The minimum Gasteiger partial charge on any atom is -0.390 e. The summed E-state index contributed by atoms with van der Waals surface area (Å²) < 4.78 is 0. The van der Waals surface area contributed by atoms with Gasteiger partial charge in [0, 0.05) is 23.8 Å². The molecule has 0 amide bonds. The molecular weight excluding hydrogens is 227 g/mol. The monoisotopic (exact) mass is 236 g/mol. The number of hydrogen-bond acceptors (Lipinski definition) is 4. The van der Waals surface area contributed by atoms with Gasteiger partial charge in [0.15, 0.2) is 0 Å². The highest BCUT2D eigenvalue weighted by atomic mass is 35.5. The predicted molar refractivity (Wildman–Crippen MR) is 53.3 cm³/mol. The van der Waals surface area contributed by atoms with Crippen LogP contribution in [0.3, 0.4) is 0 Å². The van der Waals surface area contributed by atoms with Gasteiger partial charge < -0.3 is 10.2 Å². The van der Waals surface area contributed by atoms with Crippen molar-refractivity contribution in [1.82, 2.24) is 9.97 Å². The lowest BCUT2D eigenvalue weighted by Crippen LogP contribution is -2.19. The van der Waals surface area contributed by atoms with Gasteiger partial charge in [0.1, 0.15) is 6.10 Å². The molecule has 0 saturated carbocycles. The lowest BCUT2D eigenvalue weighted by molar-refractivity contribution is 0.0166. The van der Waals surface area contributed by atoms with E-state index in [4.69, 9.17) is 23.2 Å². The zero-order valence-electron chi connectivity index (χ0n) is 7.27. The number of aromatic nitrogens is 2. The van der Waals surface area contributed by atoms with Crippen molar-refractivity contribution in [2.45, 2.75) is 18.6 Å². The van der Waals surface area contributed by atoms with Crippen LogP contribution in [0.5, 0.6) is 0 Å². The molecule has 4 nitrogen and oxygen atoms in total. The Morgan fingerprint density at radius 2 is 1.86 bits per heavy atom. The fourth-order valence-corrected chi connectivity index (χ4v) is 1.29. The number of aliphatic hydroxyl groups is 2. The Balaban J connectivity index is 2.68. The third-order valence-electron chi connectivity index (χ3n) is 1.75. The van der Waals surface area contributed by atoms with Crippen LogP contribution in [0.15, 0.2) is 12.4 Å². The summed E-state index contributed by atoms with van der Waals surface area (Å²) in [5.41, 5.74) is 0.423. The van der Waals surface area contributed by atoms with E-state index >= 15 is 0 Å². The van der Waals surface area contributed by atoms with Gasteiger partial charge in [-0.1, -0.05) is 0 Å². The largest absolute Gasteiger partial charge is 0.390 e. The number of aliphatic hydroxyl groups excluding tert-OH is 2. The molecular formula is C8H10Cl2N2O2. The van der Waals surface area contributed by atoms with Crippen molar-refractivity contribution < 1.29 is 10.2 Å². The van der Waals surface area contributed by atoms with Crippen LogP contribution in [-0.4, -0.2) is 32.2 Å². The van der Waals surface area contributed by atoms with Gasteiger partial charge in [0.2, 0.25) is 5.28 Å². The van der Waals surface area contributed by atoms with Gasteiger partial charge in [-0.05, 0) is 18.0 Å².